The maximum absolute atomic E-state index is 13.0. The maximum atomic E-state index is 13.0. The lowest BCUT2D eigenvalue weighted by Crippen LogP contribution is -2.30. The molecule has 3 rings (SSSR count). The van der Waals surface area contributed by atoms with Crippen molar-refractivity contribution in [2.24, 2.45) is 4.99 Å². The topological polar surface area (TPSA) is 71.3 Å². The third kappa shape index (κ3) is 6.67. The SMILES string of the molecule is C=C(/N=C(\C(C)=C/C)n1cnc(C(=O)NC(CC)c2cccc(C)c2)c1)NC1CCCCC1. The van der Waals surface area contributed by atoms with Crippen LogP contribution >= 0.6 is 0 Å². The number of imidazole rings is 1. The van der Waals surface area contributed by atoms with E-state index in [1.165, 1.54) is 24.8 Å². The van der Waals surface area contributed by atoms with Gasteiger partial charge in [0.05, 0.1) is 6.04 Å². The third-order valence-corrected chi connectivity index (χ3v) is 6.22. The fourth-order valence-corrected chi connectivity index (χ4v) is 4.22. The number of aliphatic imine (C=N–C) groups is 1. The molecule has 1 fully saturated rings. The van der Waals surface area contributed by atoms with Gasteiger partial charge in [-0.05, 0) is 51.2 Å². The first-order chi connectivity index (χ1) is 15.9. The summed E-state index contributed by atoms with van der Waals surface area (Å²) in [6, 6.07) is 8.60. The Morgan fingerprint density at radius 1 is 1.33 bits per heavy atom. The molecule has 0 spiro atoms. The molecule has 0 aliphatic heterocycles. The van der Waals surface area contributed by atoms with E-state index in [9.17, 15) is 4.79 Å². The molecule has 1 unspecified atom stereocenters. The van der Waals surface area contributed by atoms with Crippen LogP contribution in [0.3, 0.4) is 0 Å². The minimum atomic E-state index is -0.196. The summed E-state index contributed by atoms with van der Waals surface area (Å²) in [5, 5.41) is 6.58. The Balaban J connectivity index is 1.75. The van der Waals surface area contributed by atoms with Crippen molar-refractivity contribution in [2.45, 2.75) is 78.3 Å². The number of amides is 1. The van der Waals surface area contributed by atoms with Crippen molar-refractivity contribution in [3.63, 3.8) is 0 Å². The van der Waals surface area contributed by atoms with Gasteiger partial charge < -0.3 is 10.6 Å². The molecule has 2 N–H and O–H groups in total. The van der Waals surface area contributed by atoms with E-state index in [0.717, 1.165) is 30.4 Å². The first-order valence-electron chi connectivity index (χ1n) is 12.0. The molecule has 1 aromatic carbocycles. The van der Waals surface area contributed by atoms with E-state index in [4.69, 9.17) is 4.99 Å². The number of hydrogen-bond acceptors (Lipinski definition) is 4. The average Bonchev–Trinajstić information content (AvgIpc) is 3.31. The quantitative estimate of drug-likeness (QED) is 0.404. The minimum absolute atomic E-state index is 0.0626. The summed E-state index contributed by atoms with van der Waals surface area (Å²) < 4.78 is 1.80. The predicted octanol–water partition coefficient (Wildman–Crippen LogP) is 5.68. The van der Waals surface area contributed by atoms with Gasteiger partial charge in [-0.2, -0.15) is 0 Å². The third-order valence-electron chi connectivity index (χ3n) is 6.22. The second-order valence-corrected chi connectivity index (χ2v) is 8.85. The van der Waals surface area contributed by atoms with E-state index in [1.807, 2.05) is 32.1 Å². The molecule has 1 atom stereocenters. The zero-order valence-electron chi connectivity index (χ0n) is 20.4. The van der Waals surface area contributed by atoms with E-state index in [0.29, 0.717) is 23.4 Å². The van der Waals surface area contributed by atoms with Crippen molar-refractivity contribution in [2.75, 3.05) is 0 Å². The van der Waals surface area contributed by atoms with Gasteiger partial charge in [-0.1, -0.05) is 68.7 Å². The second kappa shape index (κ2) is 11.6. The standard InChI is InChI=1S/C27H37N5O/c1-6-20(4)26(30-21(5)29-23-14-9-8-10-15-23)32-17-25(28-18-32)27(33)31-24(7-2)22-13-11-12-19(3)16-22/h6,11-13,16-18,23-24,29H,5,7-10,14-15H2,1-4H3,(H,31,33)/b20-6-,30-26+. The Hall–Kier alpha value is -3.15. The summed E-state index contributed by atoms with van der Waals surface area (Å²) in [6.07, 6.45) is 12.3. The van der Waals surface area contributed by atoms with Gasteiger partial charge in [0, 0.05) is 12.2 Å². The maximum Gasteiger partial charge on any atom is 0.271 e. The number of nitrogens with one attached hydrogen (secondary N) is 2. The molecule has 1 aliphatic carbocycles. The highest BCUT2D eigenvalue weighted by molar-refractivity contribution is 6.01. The van der Waals surface area contributed by atoms with Crippen molar-refractivity contribution in [3.8, 4) is 0 Å². The van der Waals surface area contributed by atoms with Crippen LogP contribution in [0.4, 0.5) is 0 Å². The number of carbonyl (C=O) groups is 1. The zero-order valence-corrected chi connectivity index (χ0v) is 20.4. The lowest BCUT2D eigenvalue weighted by molar-refractivity contribution is 0.0931. The smallest absolute Gasteiger partial charge is 0.271 e. The molecule has 0 bridgehead atoms. The fraction of sp³-hybridized carbons (Fsp3) is 0.444. The van der Waals surface area contributed by atoms with Crippen LogP contribution in [-0.2, 0) is 0 Å². The van der Waals surface area contributed by atoms with Gasteiger partial charge in [0.2, 0.25) is 0 Å². The molecule has 176 valence electrons. The molecular weight excluding hydrogens is 410 g/mol. The first-order valence-corrected chi connectivity index (χ1v) is 12.0. The normalized spacial score (nSPS) is 16.4. The van der Waals surface area contributed by atoms with E-state index in [1.54, 1.807) is 17.1 Å². The lowest BCUT2D eigenvalue weighted by atomic mass is 9.96. The van der Waals surface area contributed by atoms with Crippen LogP contribution in [-0.4, -0.2) is 27.3 Å². The summed E-state index contributed by atoms with van der Waals surface area (Å²) in [4.78, 5) is 22.1. The van der Waals surface area contributed by atoms with E-state index >= 15 is 0 Å². The van der Waals surface area contributed by atoms with Gasteiger partial charge in [-0.25, -0.2) is 9.98 Å². The highest BCUT2D eigenvalue weighted by Gasteiger charge is 2.18. The fourth-order valence-electron chi connectivity index (χ4n) is 4.22. The summed E-state index contributed by atoms with van der Waals surface area (Å²) in [5.41, 5.74) is 3.62. The Morgan fingerprint density at radius 3 is 2.76 bits per heavy atom. The van der Waals surface area contributed by atoms with Gasteiger partial charge in [-0.15, -0.1) is 0 Å². The minimum Gasteiger partial charge on any atom is -0.368 e. The molecule has 1 amide bonds. The summed E-state index contributed by atoms with van der Waals surface area (Å²) in [5.74, 6) is 1.16. The molecular formula is C27H37N5O. The van der Waals surface area contributed by atoms with Crippen LogP contribution in [0, 0.1) is 6.92 Å². The Labute approximate surface area is 197 Å². The molecule has 6 heteroatoms. The number of aromatic nitrogens is 2. The van der Waals surface area contributed by atoms with E-state index in [2.05, 4.69) is 48.2 Å². The molecule has 6 nitrogen and oxygen atoms in total. The number of aryl methyl sites for hydroxylation is 1. The molecule has 33 heavy (non-hydrogen) atoms. The number of hydrogen-bond donors (Lipinski definition) is 2. The molecule has 1 aromatic heterocycles. The molecule has 2 aromatic rings. The number of rotatable bonds is 8. The van der Waals surface area contributed by atoms with Gasteiger partial charge in [-0.3, -0.25) is 9.36 Å². The van der Waals surface area contributed by atoms with Crippen molar-refractivity contribution >= 4 is 11.7 Å². The first kappa shape index (κ1) is 24.5. The summed E-state index contributed by atoms with van der Waals surface area (Å²) >= 11 is 0. The summed E-state index contributed by atoms with van der Waals surface area (Å²) in [7, 11) is 0. The highest BCUT2D eigenvalue weighted by atomic mass is 16.2. The molecule has 1 aliphatic rings. The molecule has 1 saturated carbocycles. The van der Waals surface area contributed by atoms with Crippen molar-refractivity contribution < 1.29 is 4.79 Å². The Bertz CT molecular complexity index is 1030. The number of allylic oxidation sites excluding steroid dienone is 2. The van der Waals surface area contributed by atoms with Crippen molar-refractivity contribution in [1.29, 1.82) is 0 Å². The van der Waals surface area contributed by atoms with Gasteiger partial charge in [0.1, 0.15) is 23.7 Å². The highest BCUT2D eigenvalue weighted by Crippen LogP contribution is 2.20. The molecule has 0 saturated heterocycles. The van der Waals surface area contributed by atoms with E-state index in [-0.39, 0.29) is 11.9 Å². The van der Waals surface area contributed by atoms with Gasteiger partial charge in [0.25, 0.3) is 5.91 Å². The summed E-state index contributed by atoms with van der Waals surface area (Å²) in [6.45, 7) is 12.2. The van der Waals surface area contributed by atoms with E-state index < -0.39 is 0 Å². The lowest BCUT2D eigenvalue weighted by Gasteiger charge is -2.23. The van der Waals surface area contributed by atoms with Crippen LogP contribution in [0.1, 0.15) is 87.0 Å². The van der Waals surface area contributed by atoms with Crippen molar-refractivity contribution in [1.82, 2.24) is 20.2 Å². The van der Waals surface area contributed by atoms with Crippen LogP contribution in [0.2, 0.25) is 0 Å². The second-order valence-electron chi connectivity index (χ2n) is 8.85. The van der Waals surface area contributed by atoms with Crippen LogP contribution in [0.5, 0.6) is 0 Å². The van der Waals surface area contributed by atoms with Crippen LogP contribution < -0.4 is 10.6 Å². The average molecular weight is 448 g/mol. The number of benzene rings is 1. The number of carbonyl (C=O) groups excluding carboxylic acids is 1. The Kier molecular flexibility index (Phi) is 8.64. The Morgan fingerprint density at radius 2 is 2.09 bits per heavy atom. The molecule has 0 radical (unpaired) electrons. The van der Waals surface area contributed by atoms with Crippen LogP contribution in [0.25, 0.3) is 0 Å². The predicted molar refractivity (Wildman–Crippen MR) is 135 cm³/mol. The van der Waals surface area contributed by atoms with Gasteiger partial charge in [0.15, 0.2) is 0 Å². The molecule has 1 heterocycles. The number of nitrogens with zero attached hydrogens (tertiary/aromatic N) is 3. The monoisotopic (exact) mass is 447 g/mol. The van der Waals surface area contributed by atoms with Crippen LogP contribution in [0.15, 0.2) is 65.8 Å². The van der Waals surface area contributed by atoms with Gasteiger partial charge >= 0.3 is 0 Å². The van der Waals surface area contributed by atoms with Crippen molar-refractivity contribution in [3.05, 3.63) is 77.7 Å². The largest absolute Gasteiger partial charge is 0.368 e. The zero-order chi connectivity index (χ0) is 23.8.